The largest absolute Gasteiger partial charge is 0.467 e. The fraction of sp³-hybridized carbons (Fsp3) is 0.308. The van der Waals surface area contributed by atoms with Crippen molar-refractivity contribution in [3.63, 3.8) is 0 Å². The van der Waals surface area contributed by atoms with E-state index in [1.807, 2.05) is 60.7 Å². The van der Waals surface area contributed by atoms with Crippen molar-refractivity contribution in [2.45, 2.75) is 22.7 Å². The molecule has 0 saturated carbocycles. The van der Waals surface area contributed by atoms with Crippen molar-refractivity contribution in [3.8, 4) is 0 Å². The Morgan fingerprint density at radius 3 is 2.42 bits per heavy atom. The standard InChI is InChI=1S/C26H25N5O6S/c1-37-25(36)26(30-12-13-31(23(35)22(30)34)27-15-18-10-6-3-7-11-18)16-29-21(33)20(24(29)38-26)28-19(32)14-17-8-4-2-5-9-17/h2-11,15,20,24H,12-14,16H2,1H3,(H,28,32)/b27-15+/t20?,24-,26-/m1/s1. The smallest absolute Gasteiger partial charge is 0.344 e. The van der Waals surface area contributed by atoms with Crippen LogP contribution in [0.3, 0.4) is 0 Å². The first-order chi connectivity index (χ1) is 18.3. The van der Waals surface area contributed by atoms with E-state index in [-0.39, 0.29) is 37.9 Å². The number of ether oxygens (including phenoxy) is 1. The number of methoxy groups -OCH3 is 1. The van der Waals surface area contributed by atoms with Crippen molar-refractivity contribution in [3.05, 3.63) is 71.8 Å². The number of amides is 4. The van der Waals surface area contributed by atoms with E-state index in [0.717, 1.165) is 32.8 Å². The summed E-state index contributed by atoms with van der Waals surface area (Å²) in [6, 6.07) is 17.4. The molecule has 3 atom stereocenters. The Labute approximate surface area is 222 Å². The van der Waals surface area contributed by atoms with Crippen LogP contribution in [0.1, 0.15) is 11.1 Å². The van der Waals surface area contributed by atoms with Crippen LogP contribution in [0.4, 0.5) is 0 Å². The van der Waals surface area contributed by atoms with Gasteiger partial charge in [-0.1, -0.05) is 72.4 Å². The van der Waals surface area contributed by atoms with E-state index in [9.17, 15) is 24.0 Å². The Balaban J connectivity index is 1.30. The van der Waals surface area contributed by atoms with Gasteiger partial charge in [-0.15, -0.1) is 0 Å². The van der Waals surface area contributed by atoms with Gasteiger partial charge in [0.15, 0.2) is 0 Å². The molecule has 1 N–H and O–H groups in total. The lowest BCUT2D eigenvalue weighted by Crippen LogP contribution is -2.68. The van der Waals surface area contributed by atoms with Crippen LogP contribution in [0, 0.1) is 0 Å². The number of β-lactam (4-membered cyclic amide) rings is 1. The molecule has 3 heterocycles. The zero-order chi connectivity index (χ0) is 26.9. The minimum Gasteiger partial charge on any atom is -0.467 e. The third kappa shape index (κ3) is 4.51. The van der Waals surface area contributed by atoms with Gasteiger partial charge in [-0.2, -0.15) is 5.10 Å². The molecule has 12 heteroatoms. The van der Waals surface area contributed by atoms with Gasteiger partial charge >= 0.3 is 17.8 Å². The second-order valence-electron chi connectivity index (χ2n) is 9.00. The highest BCUT2D eigenvalue weighted by atomic mass is 32.2. The molecule has 4 amide bonds. The summed E-state index contributed by atoms with van der Waals surface area (Å²) in [5, 5.41) is 7.36. The number of hydrogen-bond donors (Lipinski definition) is 1. The number of fused-ring (bicyclic) bond motifs is 1. The molecule has 0 aromatic heterocycles. The second-order valence-corrected chi connectivity index (χ2v) is 10.4. The van der Waals surface area contributed by atoms with Crippen LogP contribution in [0.2, 0.25) is 0 Å². The number of hydrazone groups is 1. The van der Waals surface area contributed by atoms with Crippen molar-refractivity contribution >= 4 is 47.6 Å². The van der Waals surface area contributed by atoms with Crippen LogP contribution < -0.4 is 5.32 Å². The second kappa shape index (κ2) is 10.3. The van der Waals surface area contributed by atoms with Crippen LogP contribution in [-0.4, -0.2) is 93.7 Å². The Morgan fingerprint density at radius 1 is 1.05 bits per heavy atom. The number of rotatable bonds is 7. The van der Waals surface area contributed by atoms with Gasteiger partial charge in [0.2, 0.25) is 16.7 Å². The molecule has 0 bridgehead atoms. The number of carbonyl (C=O) groups is 5. The number of piperazine rings is 1. The molecule has 196 valence electrons. The maximum Gasteiger partial charge on any atom is 0.344 e. The van der Waals surface area contributed by atoms with Gasteiger partial charge in [0.1, 0.15) is 11.4 Å². The summed E-state index contributed by atoms with van der Waals surface area (Å²) >= 11 is 1.04. The predicted octanol–water partition coefficient (Wildman–Crippen LogP) is 0.203. The maximum atomic E-state index is 13.2. The molecule has 3 saturated heterocycles. The van der Waals surface area contributed by atoms with Crippen molar-refractivity contribution < 1.29 is 28.7 Å². The summed E-state index contributed by atoms with van der Waals surface area (Å²) in [5.74, 6) is -3.25. The lowest BCUT2D eigenvalue weighted by atomic mass is 10.0. The summed E-state index contributed by atoms with van der Waals surface area (Å²) in [7, 11) is 1.19. The molecule has 2 aromatic carbocycles. The van der Waals surface area contributed by atoms with Gasteiger partial charge in [-0.25, -0.2) is 9.80 Å². The molecule has 5 rings (SSSR count). The first-order valence-electron chi connectivity index (χ1n) is 12.0. The number of nitrogens with zero attached hydrogens (tertiary/aromatic N) is 4. The molecule has 0 radical (unpaired) electrons. The fourth-order valence-corrected chi connectivity index (χ4v) is 6.44. The fourth-order valence-electron chi connectivity index (χ4n) is 4.72. The lowest BCUT2D eigenvalue weighted by molar-refractivity contribution is -0.166. The van der Waals surface area contributed by atoms with Crippen LogP contribution in [0.15, 0.2) is 65.8 Å². The third-order valence-corrected chi connectivity index (χ3v) is 8.32. The summed E-state index contributed by atoms with van der Waals surface area (Å²) in [6.45, 7) is -0.0765. The Kier molecular flexibility index (Phi) is 6.89. The van der Waals surface area contributed by atoms with Crippen molar-refractivity contribution in [1.82, 2.24) is 20.1 Å². The monoisotopic (exact) mass is 535 g/mol. The van der Waals surface area contributed by atoms with Crippen LogP contribution in [-0.2, 0) is 35.1 Å². The highest BCUT2D eigenvalue weighted by Crippen LogP contribution is 2.49. The molecule has 0 aliphatic carbocycles. The average Bonchev–Trinajstić information content (AvgIpc) is 3.30. The molecule has 3 aliphatic rings. The molecule has 3 aliphatic heterocycles. The SMILES string of the molecule is COC(=O)[C@@]1(N2CCN(/N=C/c3ccccc3)C(=O)C2=O)CN2C(=O)C(NC(=O)Cc3ccccc3)[C@H]2S1. The van der Waals surface area contributed by atoms with Gasteiger partial charge in [0, 0.05) is 6.54 Å². The van der Waals surface area contributed by atoms with Crippen LogP contribution >= 0.6 is 11.8 Å². The number of benzene rings is 2. The molecular weight excluding hydrogens is 510 g/mol. The number of thioether (sulfide) groups is 1. The summed E-state index contributed by atoms with van der Waals surface area (Å²) in [4.78, 5) is 65.6. The van der Waals surface area contributed by atoms with Crippen LogP contribution in [0.5, 0.6) is 0 Å². The van der Waals surface area contributed by atoms with E-state index >= 15 is 0 Å². The van der Waals surface area contributed by atoms with E-state index in [2.05, 4.69) is 10.4 Å². The quantitative estimate of drug-likeness (QED) is 0.232. The zero-order valence-corrected chi connectivity index (χ0v) is 21.3. The molecule has 1 unspecified atom stereocenters. The van der Waals surface area contributed by atoms with Gasteiger partial charge in [-0.05, 0) is 11.1 Å². The lowest BCUT2D eigenvalue weighted by Gasteiger charge is -2.41. The van der Waals surface area contributed by atoms with Crippen molar-refractivity contribution in [1.29, 1.82) is 0 Å². The molecule has 38 heavy (non-hydrogen) atoms. The molecular formula is C26H25N5O6S. The minimum absolute atomic E-state index is 0.0125. The number of carbonyl (C=O) groups excluding carboxylic acids is 5. The van der Waals surface area contributed by atoms with E-state index in [1.54, 1.807) is 0 Å². The Hall–Kier alpha value is -4.19. The molecule has 11 nitrogen and oxygen atoms in total. The number of nitrogens with one attached hydrogen (secondary N) is 1. The number of esters is 1. The third-order valence-electron chi connectivity index (χ3n) is 6.65. The topological polar surface area (TPSA) is 129 Å². The first kappa shape index (κ1) is 25.5. The Morgan fingerprint density at radius 2 is 1.74 bits per heavy atom. The number of hydrogen-bond acceptors (Lipinski definition) is 8. The predicted molar refractivity (Wildman–Crippen MR) is 137 cm³/mol. The molecule has 0 spiro atoms. The highest BCUT2D eigenvalue weighted by Gasteiger charge is 2.66. The van der Waals surface area contributed by atoms with Crippen LogP contribution in [0.25, 0.3) is 0 Å². The van der Waals surface area contributed by atoms with Gasteiger partial charge in [0.05, 0.1) is 32.8 Å². The van der Waals surface area contributed by atoms with E-state index < -0.39 is 34.1 Å². The minimum atomic E-state index is -1.62. The Bertz CT molecular complexity index is 1310. The van der Waals surface area contributed by atoms with E-state index in [0.29, 0.717) is 0 Å². The van der Waals surface area contributed by atoms with Gasteiger partial charge in [-0.3, -0.25) is 19.2 Å². The summed E-state index contributed by atoms with van der Waals surface area (Å²) in [5.41, 5.74) is 1.56. The zero-order valence-electron chi connectivity index (χ0n) is 20.5. The molecule has 3 fully saturated rings. The normalized spacial score (nSPS) is 24.9. The van der Waals surface area contributed by atoms with E-state index in [4.69, 9.17) is 4.74 Å². The van der Waals surface area contributed by atoms with Gasteiger partial charge < -0.3 is 19.9 Å². The first-order valence-corrected chi connectivity index (χ1v) is 12.8. The van der Waals surface area contributed by atoms with E-state index in [1.165, 1.54) is 18.2 Å². The summed E-state index contributed by atoms with van der Waals surface area (Å²) in [6.07, 6.45) is 1.58. The van der Waals surface area contributed by atoms with Gasteiger partial charge in [0.25, 0.3) is 0 Å². The average molecular weight is 536 g/mol. The maximum absolute atomic E-state index is 13.2. The molecule has 2 aromatic rings. The summed E-state index contributed by atoms with van der Waals surface area (Å²) < 4.78 is 5.03. The van der Waals surface area contributed by atoms with Crippen molar-refractivity contribution in [2.24, 2.45) is 5.10 Å². The highest BCUT2D eigenvalue weighted by molar-refractivity contribution is 8.02. The van der Waals surface area contributed by atoms with Crippen molar-refractivity contribution in [2.75, 3.05) is 26.7 Å².